The largest absolute Gasteiger partial charge is 0.444 e. The first-order valence-electron chi connectivity index (χ1n) is 6.02. The molecule has 1 aliphatic rings. The molecule has 4 nitrogen and oxygen atoms in total. The van der Waals surface area contributed by atoms with Crippen molar-refractivity contribution in [2.24, 2.45) is 5.73 Å². The molecule has 2 rings (SSSR count). The number of rotatable bonds is 3. The monoisotopic (exact) mass is 234 g/mol. The molecule has 0 aromatic heterocycles. The number of hydrogen-bond acceptors (Lipinski definition) is 3. The summed E-state index contributed by atoms with van der Waals surface area (Å²) in [4.78, 5) is 13.6. The molecule has 0 radical (unpaired) electrons. The van der Waals surface area contributed by atoms with Gasteiger partial charge in [0.25, 0.3) is 0 Å². The summed E-state index contributed by atoms with van der Waals surface area (Å²) in [6.07, 6.45) is 1.28. The van der Waals surface area contributed by atoms with Crippen LogP contribution in [-0.4, -0.2) is 25.3 Å². The summed E-state index contributed by atoms with van der Waals surface area (Å²) < 4.78 is 5.26. The van der Waals surface area contributed by atoms with Crippen molar-refractivity contribution < 1.29 is 9.53 Å². The number of benzene rings is 1. The van der Waals surface area contributed by atoms with Crippen LogP contribution < -0.4 is 10.6 Å². The van der Waals surface area contributed by atoms with E-state index in [1.54, 1.807) is 4.90 Å². The van der Waals surface area contributed by atoms with Crippen LogP contribution in [0.5, 0.6) is 0 Å². The molecule has 1 amide bonds. The molecule has 4 heteroatoms. The summed E-state index contributed by atoms with van der Waals surface area (Å²) in [6, 6.07) is 7.93. The third kappa shape index (κ3) is 2.42. The zero-order valence-electron chi connectivity index (χ0n) is 10.1. The van der Waals surface area contributed by atoms with Crippen LogP contribution in [0.2, 0.25) is 0 Å². The molecule has 0 saturated carbocycles. The average Bonchev–Trinajstić information content (AvgIpc) is 2.38. The maximum absolute atomic E-state index is 11.9. The minimum Gasteiger partial charge on any atom is -0.444 e. The zero-order valence-corrected chi connectivity index (χ0v) is 10.1. The molecule has 0 spiro atoms. The second kappa shape index (κ2) is 5.19. The predicted molar refractivity (Wildman–Crippen MR) is 67.1 cm³/mol. The van der Waals surface area contributed by atoms with Gasteiger partial charge in [-0.3, -0.25) is 4.90 Å². The van der Waals surface area contributed by atoms with Crippen molar-refractivity contribution in [1.82, 2.24) is 0 Å². The van der Waals surface area contributed by atoms with E-state index in [1.165, 1.54) is 0 Å². The molecule has 1 heterocycles. The van der Waals surface area contributed by atoms with E-state index >= 15 is 0 Å². The van der Waals surface area contributed by atoms with Crippen molar-refractivity contribution >= 4 is 11.8 Å². The molecule has 17 heavy (non-hydrogen) atoms. The fourth-order valence-corrected chi connectivity index (χ4v) is 2.09. The van der Waals surface area contributed by atoms with Crippen molar-refractivity contribution in [3.05, 3.63) is 29.8 Å². The molecule has 0 aliphatic carbocycles. The second-order valence-electron chi connectivity index (χ2n) is 4.16. The van der Waals surface area contributed by atoms with Gasteiger partial charge in [-0.05, 0) is 18.1 Å². The highest BCUT2D eigenvalue weighted by atomic mass is 16.6. The van der Waals surface area contributed by atoms with Crippen molar-refractivity contribution in [3.63, 3.8) is 0 Å². The van der Waals surface area contributed by atoms with Crippen LogP contribution in [-0.2, 0) is 11.2 Å². The van der Waals surface area contributed by atoms with Gasteiger partial charge in [-0.2, -0.15) is 0 Å². The summed E-state index contributed by atoms with van der Waals surface area (Å²) in [5, 5.41) is 0. The number of nitrogens with two attached hydrogens (primary N) is 1. The van der Waals surface area contributed by atoms with Gasteiger partial charge in [-0.1, -0.05) is 25.1 Å². The van der Waals surface area contributed by atoms with E-state index in [2.05, 4.69) is 6.92 Å². The molecule has 1 unspecified atom stereocenters. The molecule has 1 saturated heterocycles. The average molecular weight is 234 g/mol. The maximum atomic E-state index is 11.9. The number of nitrogens with zero attached hydrogens (tertiary/aromatic N) is 1. The summed E-state index contributed by atoms with van der Waals surface area (Å²) >= 11 is 0. The molecular formula is C13H18N2O2. The van der Waals surface area contributed by atoms with Crippen molar-refractivity contribution in [1.29, 1.82) is 0 Å². The quantitative estimate of drug-likeness (QED) is 0.869. The van der Waals surface area contributed by atoms with Crippen LogP contribution in [0, 0.1) is 0 Å². The highest BCUT2D eigenvalue weighted by Crippen LogP contribution is 2.25. The van der Waals surface area contributed by atoms with E-state index in [-0.39, 0.29) is 12.2 Å². The Balaban J connectivity index is 2.20. The third-order valence-corrected chi connectivity index (χ3v) is 3.09. The molecule has 0 bridgehead atoms. The van der Waals surface area contributed by atoms with Crippen LogP contribution in [0.4, 0.5) is 10.5 Å². The molecule has 1 atom stereocenters. The lowest BCUT2D eigenvalue weighted by Gasteiger charge is -2.32. The fourth-order valence-electron chi connectivity index (χ4n) is 2.09. The van der Waals surface area contributed by atoms with Crippen LogP contribution in [0.1, 0.15) is 18.9 Å². The Hall–Kier alpha value is -1.55. The van der Waals surface area contributed by atoms with E-state index in [4.69, 9.17) is 10.5 Å². The van der Waals surface area contributed by atoms with Gasteiger partial charge in [-0.25, -0.2) is 4.79 Å². The second-order valence-corrected chi connectivity index (χ2v) is 4.16. The highest BCUT2D eigenvalue weighted by Gasteiger charge is 2.28. The number of carbonyl (C=O) groups excluding carboxylic acids is 1. The molecule has 1 fully saturated rings. The first-order valence-corrected chi connectivity index (χ1v) is 6.02. The van der Waals surface area contributed by atoms with Gasteiger partial charge in [0, 0.05) is 19.5 Å². The number of cyclic esters (lactones) is 1. The lowest BCUT2D eigenvalue weighted by atomic mass is 10.1. The number of amides is 1. The number of anilines is 1. The minimum absolute atomic E-state index is 0.132. The standard InChI is InChI=1S/C13H18N2O2/c1-2-10-5-3-4-6-12(10)15-8-7-11(9-14)17-13(15)16/h3-6,11H,2,7-9,14H2,1H3. The Labute approximate surface area is 101 Å². The molecular weight excluding hydrogens is 216 g/mol. The van der Waals surface area contributed by atoms with E-state index in [0.29, 0.717) is 13.1 Å². The van der Waals surface area contributed by atoms with E-state index in [1.807, 2.05) is 24.3 Å². The van der Waals surface area contributed by atoms with Gasteiger partial charge in [-0.15, -0.1) is 0 Å². The summed E-state index contributed by atoms with van der Waals surface area (Å²) in [5.41, 5.74) is 7.63. The van der Waals surface area contributed by atoms with Crippen LogP contribution >= 0.6 is 0 Å². The summed E-state index contributed by atoms with van der Waals surface area (Å²) in [6.45, 7) is 3.16. The van der Waals surface area contributed by atoms with Gasteiger partial charge in [0.05, 0.1) is 5.69 Å². The molecule has 2 N–H and O–H groups in total. The van der Waals surface area contributed by atoms with E-state index < -0.39 is 0 Å². The molecule has 1 aromatic carbocycles. The van der Waals surface area contributed by atoms with Crippen LogP contribution in [0.15, 0.2) is 24.3 Å². The number of ether oxygens (including phenoxy) is 1. The van der Waals surface area contributed by atoms with Gasteiger partial charge < -0.3 is 10.5 Å². The van der Waals surface area contributed by atoms with E-state index in [0.717, 1.165) is 24.1 Å². The van der Waals surface area contributed by atoms with Crippen molar-refractivity contribution in [2.75, 3.05) is 18.0 Å². The molecule has 1 aliphatic heterocycles. The Bertz CT molecular complexity index is 406. The number of aryl methyl sites for hydroxylation is 1. The lowest BCUT2D eigenvalue weighted by Crippen LogP contribution is -2.44. The Morgan fingerprint density at radius 1 is 1.47 bits per heavy atom. The van der Waals surface area contributed by atoms with Crippen molar-refractivity contribution in [2.45, 2.75) is 25.9 Å². The SMILES string of the molecule is CCc1ccccc1N1CCC(CN)OC1=O. The Morgan fingerprint density at radius 2 is 2.24 bits per heavy atom. The van der Waals surface area contributed by atoms with Gasteiger partial charge in [0.2, 0.25) is 0 Å². The Morgan fingerprint density at radius 3 is 2.88 bits per heavy atom. The van der Waals surface area contributed by atoms with Gasteiger partial charge >= 0.3 is 6.09 Å². The topological polar surface area (TPSA) is 55.6 Å². The first-order chi connectivity index (χ1) is 8.26. The van der Waals surface area contributed by atoms with E-state index in [9.17, 15) is 4.79 Å². The highest BCUT2D eigenvalue weighted by molar-refractivity contribution is 5.89. The Kier molecular flexibility index (Phi) is 3.64. The molecule has 1 aromatic rings. The predicted octanol–water partition coefficient (Wildman–Crippen LogP) is 1.92. The number of para-hydroxylation sites is 1. The first kappa shape index (κ1) is 11.9. The number of carbonyl (C=O) groups is 1. The third-order valence-electron chi connectivity index (χ3n) is 3.09. The lowest BCUT2D eigenvalue weighted by molar-refractivity contribution is 0.0887. The molecule has 92 valence electrons. The maximum Gasteiger partial charge on any atom is 0.414 e. The van der Waals surface area contributed by atoms with Gasteiger partial charge in [0.15, 0.2) is 0 Å². The summed E-state index contributed by atoms with van der Waals surface area (Å²) in [5.74, 6) is 0. The van der Waals surface area contributed by atoms with Crippen molar-refractivity contribution in [3.8, 4) is 0 Å². The fraction of sp³-hybridized carbons (Fsp3) is 0.462. The normalized spacial score (nSPS) is 20.2. The smallest absolute Gasteiger partial charge is 0.414 e. The minimum atomic E-state index is -0.285. The van der Waals surface area contributed by atoms with Crippen LogP contribution in [0.25, 0.3) is 0 Å². The van der Waals surface area contributed by atoms with Gasteiger partial charge in [0.1, 0.15) is 6.10 Å². The summed E-state index contributed by atoms with van der Waals surface area (Å²) in [7, 11) is 0. The zero-order chi connectivity index (χ0) is 12.3. The number of hydrogen-bond donors (Lipinski definition) is 1. The van der Waals surface area contributed by atoms with Crippen LogP contribution in [0.3, 0.4) is 0 Å².